The van der Waals surface area contributed by atoms with Crippen LogP contribution in [0.15, 0.2) is 42.5 Å². The number of alkyl halides is 3. The molecule has 3 nitrogen and oxygen atoms in total. The smallest absolute Gasteiger partial charge is 0.253 e. The Balaban J connectivity index is 2.25. The molecule has 0 aliphatic carbocycles. The lowest BCUT2D eigenvalue weighted by Gasteiger charge is -2.28. The first kappa shape index (κ1) is 18.9. The van der Waals surface area contributed by atoms with Gasteiger partial charge in [0.1, 0.15) is 6.17 Å². The second-order valence-corrected chi connectivity index (χ2v) is 8.09. The van der Waals surface area contributed by atoms with E-state index in [4.69, 9.17) is 34.8 Å². The Morgan fingerprint density at radius 2 is 1.67 bits per heavy atom. The van der Waals surface area contributed by atoms with Crippen molar-refractivity contribution in [2.24, 2.45) is 0 Å². The molecule has 0 heterocycles. The summed E-state index contributed by atoms with van der Waals surface area (Å²) in [6.45, 7) is 5.78. The predicted octanol–water partition coefficient (Wildman–Crippen LogP) is 5.15. The average molecular weight is 386 g/mol. The summed E-state index contributed by atoms with van der Waals surface area (Å²) < 4.78 is -1.71. The third kappa shape index (κ3) is 4.79. The van der Waals surface area contributed by atoms with Crippen molar-refractivity contribution in [3.05, 3.63) is 64.7 Å². The molecule has 1 amide bonds. The summed E-state index contributed by atoms with van der Waals surface area (Å²) in [5, 5.41) is 5.88. The summed E-state index contributed by atoms with van der Waals surface area (Å²) in [4.78, 5) is 12.5. The van der Waals surface area contributed by atoms with Gasteiger partial charge in [-0.3, -0.25) is 4.79 Å². The quantitative estimate of drug-likeness (QED) is 0.564. The summed E-state index contributed by atoms with van der Waals surface area (Å²) in [6, 6.07) is 13.2. The van der Waals surface area contributed by atoms with Crippen LogP contribution in [0.25, 0.3) is 0 Å². The van der Waals surface area contributed by atoms with E-state index in [1.54, 1.807) is 12.1 Å². The van der Waals surface area contributed by atoms with Crippen LogP contribution in [0.2, 0.25) is 0 Å². The van der Waals surface area contributed by atoms with Gasteiger partial charge in [0.15, 0.2) is 0 Å². The van der Waals surface area contributed by atoms with E-state index in [9.17, 15) is 4.79 Å². The van der Waals surface area contributed by atoms with Gasteiger partial charge in [-0.1, -0.05) is 65.1 Å². The molecule has 0 fully saturated rings. The Morgan fingerprint density at radius 3 is 2.29 bits per heavy atom. The highest BCUT2D eigenvalue weighted by atomic mass is 35.6. The molecule has 2 aromatic carbocycles. The first-order chi connectivity index (χ1) is 11.2. The molecule has 128 valence electrons. The first-order valence-electron chi connectivity index (χ1n) is 7.45. The molecular weight excluding hydrogens is 367 g/mol. The van der Waals surface area contributed by atoms with Crippen LogP contribution in [0.3, 0.4) is 0 Å². The van der Waals surface area contributed by atoms with E-state index in [2.05, 4.69) is 10.6 Å². The van der Waals surface area contributed by atoms with E-state index in [-0.39, 0.29) is 5.91 Å². The average Bonchev–Trinajstić information content (AvgIpc) is 2.49. The summed E-state index contributed by atoms with van der Waals surface area (Å²) >= 11 is 18.2. The molecule has 1 atom stereocenters. The van der Waals surface area contributed by atoms with Crippen molar-refractivity contribution in [2.45, 2.75) is 30.7 Å². The summed E-state index contributed by atoms with van der Waals surface area (Å²) in [5.41, 5.74) is 4.25. The Morgan fingerprint density at radius 1 is 1.00 bits per heavy atom. The molecule has 2 N–H and O–H groups in total. The normalized spacial score (nSPS) is 12.6. The van der Waals surface area contributed by atoms with Gasteiger partial charge in [-0.25, -0.2) is 0 Å². The molecule has 0 spiro atoms. The highest BCUT2D eigenvalue weighted by molar-refractivity contribution is 6.68. The summed E-state index contributed by atoms with van der Waals surface area (Å²) in [7, 11) is 0. The van der Waals surface area contributed by atoms with E-state index in [0.717, 1.165) is 22.4 Å². The number of carbonyl (C=O) groups excluding carboxylic acids is 1. The number of halogens is 3. The van der Waals surface area contributed by atoms with Crippen molar-refractivity contribution in [3.8, 4) is 0 Å². The van der Waals surface area contributed by atoms with Gasteiger partial charge < -0.3 is 10.6 Å². The maximum atomic E-state index is 12.5. The van der Waals surface area contributed by atoms with Crippen LogP contribution in [0.1, 0.15) is 27.0 Å². The zero-order valence-electron chi connectivity index (χ0n) is 13.7. The molecule has 0 bridgehead atoms. The van der Waals surface area contributed by atoms with Gasteiger partial charge in [0.25, 0.3) is 5.91 Å². The Bertz CT molecular complexity index is 741. The van der Waals surface area contributed by atoms with Crippen molar-refractivity contribution in [1.29, 1.82) is 0 Å². The van der Waals surface area contributed by atoms with Crippen molar-refractivity contribution < 1.29 is 4.79 Å². The van der Waals surface area contributed by atoms with E-state index in [1.165, 1.54) is 0 Å². The molecule has 0 saturated carbocycles. The van der Waals surface area contributed by atoms with Gasteiger partial charge in [0.05, 0.1) is 0 Å². The molecule has 0 radical (unpaired) electrons. The predicted molar refractivity (Wildman–Crippen MR) is 102 cm³/mol. The van der Waals surface area contributed by atoms with Crippen LogP contribution < -0.4 is 10.6 Å². The van der Waals surface area contributed by atoms with E-state index in [0.29, 0.717) is 5.56 Å². The highest BCUT2D eigenvalue weighted by Gasteiger charge is 2.34. The SMILES string of the molecule is Cc1ccc(C)c(N[C@H](NC(=O)c2ccccc2C)C(Cl)(Cl)Cl)c1. The minimum absolute atomic E-state index is 0.303. The lowest BCUT2D eigenvalue weighted by molar-refractivity contribution is 0.0941. The molecule has 0 aliphatic heterocycles. The number of aryl methyl sites for hydroxylation is 3. The van der Waals surface area contributed by atoms with Crippen molar-refractivity contribution >= 4 is 46.4 Å². The maximum Gasteiger partial charge on any atom is 0.253 e. The molecule has 24 heavy (non-hydrogen) atoms. The summed E-state index contributed by atoms with van der Waals surface area (Å²) in [6.07, 6.45) is -0.880. The van der Waals surface area contributed by atoms with Crippen LogP contribution in [-0.2, 0) is 0 Å². The largest absolute Gasteiger partial charge is 0.362 e. The van der Waals surface area contributed by atoms with E-state index in [1.807, 2.05) is 51.1 Å². The van der Waals surface area contributed by atoms with Gasteiger partial charge in [-0.2, -0.15) is 0 Å². The molecule has 0 aliphatic rings. The number of hydrogen-bond acceptors (Lipinski definition) is 2. The zero-order chi connectivity index (χ0) is 17.9. The maximum absolute atomic E-state index is 12.5. The Labute approximate surface area is 157 Å². The van der Waals surface area contributed by atoms with Crippen molar-refractivity contribution in [3.63, 3.8) is 0 Å². The van der Waals surface area contributed by atoms with Gasteiger partial charge in [0.2, 0.25) is 3.79 Å². The molecule has 0 unspecified atom stereocenters. The lowest BCUT2D eigenvalue weighted by atomic mass is 10.1. The Hall–Kier alpha value is -1.42. The van der Waals surface area contributed by atoms with Gasteiger partial charge in [0, 0.05) is 11.3 Å². The van der Waals surface area contributed by atoms with Gasteiger partial charge >= 0.3 is 0 Å². The Kier molecular flexibility index (Phi) is 6.02. The van der Waals surface area contributed by atoms with Crippen LogP contribution in [0.4, 0.5) is 5.69 Å². The van der Waals surface area contributed by atoms with E-state index < -0.39 is 9.96 Å². The molecule has 6 heteroatoms. The minimum atomic E-state index is -1.71. The second-order valence-electron chi connectivity index (χ2n) is 5.73. The topological polar surface area (TPSA) is 41.1 Å². The van der Waals surface area contributed by atoms with Crippen molar-refractivity contribution in [1.82, 2.24) is 5.32 Å². The highest BCUT2D eigenvalue weighted by Crippen LogP contribution is 2.32. The molecule has 0 saturated heterocycles. The fraction of sp³-hybridized carbons (Fsp3) is 0.278. The molecule has 0 aromatic heterocycles. The monoisotopic (exact) mass is 384 g/mol. The lowest BCUT2D eigenvalue weighted by Crippen LogP contribution is -2.49. The number of hydrogen-bond donors (Lipinski definition) is 2. The minimum Gasteiger partial charge on any atom is -0.362 e. The van der Waals surface area contributed by atoms with Crippen LogP contribution in [-0.4, -0.2) is 15.9 Å². The number of nitrogens with one attached hydrogen (secondary N) is 2. The fourth-order valence-corrected chi connectivity index (χ4v) is 2.61. The van der Waals surface area contributed by atoms with Crippen LogP contribution in [0.5, 0.6) is 0 Å². The zero-order valence-corrected chi connectivity index (χ0v) is 15.9. The molecule has 2 aromatic rings. The summed E-state index contributed by atoms with van der Waals surface area (Å²) in [5.74, 6) is -0.303. The molecular formula is C18H19Cl3N2O. The third-order valence-electron chi connectivity index (χ3n) is 3.69. The first-order valence-corrected chi connectivity index (χ1v) is 8.59. The van der Waals surface area contributed by atoms with Crippen LogP contribution in [0, 0.1) is 20.8 Å². The van der Waals surface area contributed by atoms with Gasteiger partial charge in [-0.05, 0) is 49.6 Å². The third-order valence-corrected chi connectivity index (χ3v) is 4.34. The number of carbonyl (C=O) groups is 1. The number of amides is 1. The fourth-order valence-electron chi connectivity index (χ4n) is 2.28. The van der Waals surface area contributed by atoms with Crippen molar-refractivity contribution in [2.75, 3.05) is 5.32 Å². The number of anilines is 1. The number of rotatable bonds is 4. The number of benzene rings is 2. The standard InChI is InChI=1S/C18H19Cl3N2O/c1-11-8-9-13(3)15(10-11)22-17(18(19,20)21)23-16(24)14-7-5-4-6-12(14)2/h4-10,17,22H,1-3H3,(H,23,24)/t17-/m1/s1. The van der Waals surface area contributed by atoms with Crippen LogP contribution >= 0.6 is 34.8 Å². The van der Waals surface area contributed by atoms with E-state index >= 15 is 0 Å². The van der Waals surface area contributed by atoms with Gasteiger partial charge in [-0.15, -0.1) is 0 Å². The second kappa shape index (κ2) is 7.64. The molecule has 2 rings (SSSR count).